The molecule has 1 N–H and O–H groups in total. The van der Waals surface area contributed by atoms with Gasteiger partial charge >= 0.3 is 0 Å². The van der Waals surface area contributed by atoms with Gasteiger partial charge in [-0.2, -0.15) is 0 Å². The lowest BCUT2D eigenvalue weighted by Gasteiger charge is -2.26. The van der Waals surface area contributed by atoms with E-state index in [0.717, 1.165) is 30.8 Å². The van der Waals surface area contributed by atoms with Crippen molar-refractivity contribution in [1.29, 1.82) is 0 Å². The maximum absolute atomic E-state index is 4.68. The minimum absolute atomic E-state index is 0.722. The molecule has 4 nitrogen and oxygen atoms in total. The second kappa shape index (κ2) is 7.68. The fourth-order valence-electron chi connectivity index (χ4n) is 2.97. The molecular formula is C20H20N4S. The summed E-state index contributed by atoms with van der Waals surface area (Å²) in [5, 5.41) is 7.07. The van der Waals surface area contributed by atoms with E-state index in [1.165, 1.54) is 21.9 Å². The number of amidine groups is 1. The molecule has 2 heterocycles. The lowest BCUT2D eigenvalue weighted by Crippen LogP contribution is -2.41. The third kappa shape index (κ3) is 4.00. The number of rotatable bonds is 4. The highest BCUT2D eigenvalue weighted by Crippen LogP contribution is 2.23. The van der Waals surface area contributed by atoms with Gasteiger partial charge in [0.25, 0.3) is 0 Å². The second-order valence-corrected chi connectivity index (χ2v) is 7.02. The van der Waals surface area contributed by atoms with E-state index in [2.05, 4.69) is 68.7 Å². The molecule has 25 heavy (non-hydrogen) atoms. The number of fused-ring (bicyclic) bond motifs is 1. The van der Waals surface area contributed by atoms with Gasteiger partial charge in [0, 0.05) is 24.7 Å². The average molecular weight is 348 g/mol. The largest absolute Gasteiger partial charge is 0.352 e. The van der Waals surface area contributed by atoms with Crippen LogP contribution in [-0.4, -0.2) is 28.4 Å². The van der Waals surface area contributed by atoms with Gasteiger partial charge in [-0.1, -0.05) is 60.3 Å². The molecule has 5 heteroatoms. The van der Waals surface area contributed by atoms with Crippen LogP contribution in [0.25, 0.3) is 10.8 Å². The van der Waals surface area contributed by atoms with E-state index >= 15 is 0 Å². The number of aliphatic imine (C=N–C) groups is 1. The van der Waals surface area contributed by atoms with Crippen molar-refractivity contribution in [1.82, 2.24) is 15.2 Å². The molecule has 0 saturated carbocycles. The van der Waals surface area contributed by atoms with Gasteiger partial charge in [0.05, 0.1) is 13.3 Å². The Bertz CT molecular complexity index is 874. The van der Waals surface area contributed by atoms with Gasteiger partial charge in [0.1, 0.15) is 0 Å². The van der Waals surface area contributed by atoms with Crippen molar-refractivity contribution in [3.63, 3.8) is 0 Å². The van der Waals surface area contributed by atoms with E-state index in [9.17, 15) is 0 Å². The quantitative estimate of drug-likeness (QED) is 0.778. The Morgan fingerprint density at radius 3 is 2.80 bits per heavy atom. The minimum Gasteiger partial charge on any atom is -0.352 e. The Hall–Kier alpha value is -2.37. The first-order valence-electron chi connectivity index (χ1n) is 8.37. The summed E-state index contributed by atoms with van der Waals surface area (Å²) < 4.78 is 0. The van der Waals surface area contributed by atoms with Crippen LogP contribution in [0.1, 0.15) is 11.1 Å². The standard InChI is InChI=1S/C20H20N4S/c1-2-9-19-17(6-1)7-3-8-18(19)13-25-20-22-14-24(15-23-20)12-16-5-4-10-21-11-16/h1-11H,12-15H2,(H,22,23). The number of benzene rings is 2. The van der Waals surface area contributed by atoms with Crippen molar-refractivity contribution < 1.29 is 0 Å². The molecule has 4 rings (SSSR count). The fraction of sp³-hybridized carbons (Fsp3) is 0.200. The number of hydrogen-bond acceptors (Lipinski definition) is 5. The summed E-state index contributed by atoms with van der Waals surface area (Å²) in [5.74, 6) is 0.926. The number of nitrogens with zero attached hydrogens (tertiary/aromatic N) is 3. The summed E-state index contributed by atoms with van der Waals surface area (Å²) >= 11 is 1.77. The topological polar surface area (TPSA) is 40.5 Å². The average Bonchev–Trinajstić information content (AvgIpc) is 2.68. The van der Waals surface area contributed by atoms with Crippen LogP contribution in [0.15, 0.2) is 72.0 Å². The van der Waals surface area contributed by atoms with Crippen molar-refractivity contribution in [3.05, 3.63) is 78.1 Å². The third-order valence-corrected chi connectivity index (χ3v) is 5.24. The highest BCUT2D eigenvalue weighted by atomic mass is 32.2. The zero-order chi connectivity index (χ0) is 16.9. The van der Waals surface area contributed by atoms with Crippen LogP contribution >= 0.6 is 11.8 Å². The second-order valence-electron chi connectivity index (χ2n) is 6.06. The predicted molar refractivity (Wildman–Crippen MR) is 105 cm³/mol. The molecule has 0 radical (unpaired) electrons. The maximum atomic E-state index is 4.68. The SMILES string of the molecule is c1cncc(CN2CN=C(SCc3cccc4ccccc34)NC2)c1. The first-order valence-corrected chi connectivity index (χ1v) is 9.36. The van der Waals surface area contributed by atoms with Crippen molar-refractivity contribution in [2.75, 3.05) is 13.3 Å². The van der Waals surface area contributed by atoms with E-state index in [-0.39, 0.29) is 0 Å². The van der Waals surface area contributed by atoms with Gasteiger partial charge in [-0.15, -0.1) is 0 Å². The molecule has 126 valence electrons. The summed E-state index contributed by atoms with van der Waals surface area (Å²) in [6.45, 7) is 2.40. The van der Waals surface area contributed by atoms with E-state index < -0.39 is 0 Å². The molecule has 0 amide bonds. The summed E-state index contributed by atoms with van der Waals surface area (Å²) in [4.78, 5) is 11.1. The minimum atomic E-state index is 0.722. The van der Waals surface area contributed by atoms with Gasteiger partial charge in [-0.25, -0.2) is 4.99 Å². The number of nitrogens with one attached hydrogen (secondary N) is 1. The van der Waals surface area contributed by atoms with E-state index in [1.54, 1.807) is 18.0 Å². The molecule has 0 aliphatic carbocycles. The predicted octanol–water partition coefficient (Wildman–Crippen LogP) is 3.84. The molecule has 0 unspecified atom stereocenters. The van der Waals surface area contributed by atoms with E-state index in [0.29, 0.717) is 0 Å². The molecule has 0 fully saturated rings. The lowest BCUT2D eigenvalue weighted by molar-refractivity contribution is 0.258. The van der Waals surface area contributed by atoms with Gasteiger partial charge in [0.2, 0.25) is 0 Å². The van der Waals surface area contributed by atoms with Gasteiger partial charge in [-0.3, -0.25) is 9.88 Å². The summed E-state index contributed by atoms with van der Waals surface area (Å²) in [6.07, 6.45) is 3.71. The molecule has 0 bridgehead atoms. The van der Waals surface area contributed by atoms with Gasteiger partial charge in [0.15, 0.2) is 5.17 Å². The summed E-state index contributed by atoms with van der Waals surface area (Å²) in [6, 6.07) is 19.1. The molecule has 1 aliphatic rings. The van der Waals surface area contributed by atoms with Crippen LogP contribution in [-0.2, 0) is 12.3 Å². The Kier molecular flexibility index (Phi) is 4.95. The molecule has 0 atom stereocenters. The first-order chi connectivity index (χ1) is 12.4. The van der Waals surface area contributed by atoms with Crippen molar-refractivity contribution >= 4 is 27.7 Å². The van der Waals surface area contributed by atoms with Crippen molar-refractivity contribution in [2.24, 2.45) is 4.99 Å². The van der Waals surface area contributed by atoms with Crippen molar-refractivity contribution in [3.8, 4) is 0 Å². The number of thioether (sulfide) groups is 1. The van der Waals surface area contributed by atoms with Gasteiger partial charge in [-0.05, 0) is 28.0 Å². The molecule has 1 aromatic heterocycles. The van der Waals surface area contributed by atoms with Crippen LogP contribution in [0, 0.1) is 0 Å². The van der Waals surface area contributed by atoms with Crippen LogP contribution in [0.2, 0.25) is 0 Å². The van der Waals surface area contributed by atoms with Crippen LogP contribution in [0.4, 0.5) is 0 Å². The van der Waals surface area contributed by atoms with Crippen molar-refractivity contribution in [2.45, 2.75) is 12.3 Å². The molecule has 2 aromatic carbocycles. The highest BCUT2D eigenvalue weighted by Gasteiger charge is 2.13. The molecular weight excluding hydrogens is 328 g/mol. The summed E-state index contributed by atoms with van der Waals surface area (Å²) in [7, 11) is 0. The highest BCUT2D eigenvalue weighted by molar-refractivity contribution is 8.13. The number of aromatic nitrogens is 1. The number of pyridine rings is 1. The third-order valence-electron chi connectivity index (χ3n) is 4.24. The van der Waals surface area contributed by atoms with E-state index in [4.69, 9.17) is 0 Å². The molecule has 0 spiro atoms. The van der Waals surface area contributed by atoms with E-state index in [1.807, 2.05) is 12.3 Å². The molecule has 1 aliphatic heterocycles. The Labute approximate surface area is 152 Å². The van der Waals surface area contributed by atoms with Crippen LogP contribution in [0.3, 0.4) is 0 Å². The summed E-state index contributed by atoms with van der Waals surface area (Å²) in [5.41, 5.74) is 2.57. The smallest absolute Gasteiger partial charge is 0.159 e. The Balaban J connectivity index is 1.36. The van der Waals surface area contributed by atoms with Gasteiger partial charge < -0.3 is 5.32 Å². The monoisotopic (exact) mass is 348 g/mol. The normalized spacial score (nSPS) is 15.0. The maximum Gasteiger partial charge on any atom is 0.159 e. The first kappa shape index (κ1) is 16.1. The van der Waals surface area contributed by atoms with Crippen LogP contribution < -0.4 is 5.32 Å². The Morgan fingerprint density at radius 1 is 1.04 bits per heavy atom. The Morgan fingerprint density at radius 2 is 1.96 bits per heavy atom. The number of hydrogen-bond donors (Lipinski definition) is 1. The lowest BCUT2D eigenvalue weighted by atomic mass is 10.1. The van der Waals surface area contributed by atoms with Crippen LogP contribution in [0.5, 0.6) is 0 Å². The molecule has 3 aromatic rings. The molecule has 0 saturated heterocycles. The fourth-order valence-corrected chi connectivity index (χ4v) is 3.83. The zero-order valence-corrected chi connectivity index (χ0v) is 14.7. The zero-order valence-electron chi connectivity index (χ0n) is 13.9.